The Hall–Kier alpha value is -2.00. The van der Waals surface area contributed by atoms with Crippen LogP contribution in [0.25, 0.3) is 0 Å². The highest BCUT2D eigenvalue weighted by molar-refractivity contribution is 5.88. The minimum absolute atomic E-state index is 0.0234. The van der Waals surface area contributed by atoms with Gasteiger partial charge in [0.1, 0.15) is 6.10 Å². The second-order valence-electron chi connectivity index (χ2n) is 10.7. The number of esters is 2. The first-order valence-electron chi connectivity index (χ1n) is 12.0. The van der Waals surface area contributed by atoms with E-state index in [0.717, 1.165) is 49.8 Å². The highest BCUT2D eigenvalue weighted by Gasteiger charge is 2.73. The van der Waals surface area contributed by atoms with Gasteiger partial charge < -0.3 is 14.6 Å². The number of carbonyl (C=O) groups is 2. The molecule has 0 aromatic heterocycles. The molecule has 8 aliphatic rings. The second-order valence-corrected chi connectivity index (χ2v) is 10.7. The molecule has 8 heteroatoms. The second kappa shape index (κ2) is 5.73. The lowest BCUT2D eigenvalue weighted by Crippen LogP contribution is -2.54. The van der Waals surface area contributed by atoms with E-state index in [1.807, 2.05) is 6.08 Å². The monoisotopic (exact) mass is 438 g/mol. The van der Waals surface area contributed by atoms with Gasteiger partial charge in [-0.1, -0.05) is 12.2 Å². The molecule has 168 valence electrons. The molecule has 2 bridgehead atoms. The molecule has 0 amide bonds. The van der Waals surface area contributed by atoms with Gasteiger partial charge in [-0.2, -0.15) is 5.06 Å². The molecule has 0 radical (unpaired) electrons. The number of ether oxygens (including phenoxy) is 2. The van der Waals surface area contributed by atoms with Gasteiger partial charge in [-0.05, 0) is 37.8 Å². The number of hydroxylamine groups is 2. The summed E-state index contributed by atoms with van der Waals surface area (Å²) >= 11 is 0. The van der Waals surface area contributed by atoms with Gasteiger partial charge in [-0.3, -0.25) is 9.74 Å². The fourth-order valence-electron chi connectivity index (χ4n) is 8.59. The first-order valence-corrected chi connectivity index (χ1v) is 12.0. The van der Waals surface area contributed by atoms with Crippen LogP contribution in [0.1, 0.15) is 38.5 Å². The molecule has 1 N–H and O–H groups in total. The van der Waals surface area contributed by atoms with E-state index in [1.54, 1.807) is 18.2 Å². The van der Waals surface area contributed by atoms with E-state index in [-0.39, 0.29) is 48.1 Å². The number of nitrogens with zero attached hydrogens (tertiary/aromatic N) is 2. The molecule has 8 rings (SSSR count). The Bertz CT molecular complexity index is 1050. The maximum absolute atomic E-state index is 12.5. The Balaban J connectivity index is 1.20. The van der Waals surface area contributed by atoms with E-state index in [0.29, 0.717) is 6.42 Å². The molecule has 7 aliphatic heterocycles. The number of hydrogen-bond donors (Lipinski definition) is 1. The summed E-state index contributed by atoms with van der Waals surface area (Å²) in [6.07, 6.45) is 11.2. The highest BCUT2D eigenvalue weighted by Crippen LogP contribution is 2.62. The maximum atomic E-state index is 12.5. The molecule has 0 aromatic carbocycles. The van der Waals surface area contributed by atoms with Gasteiger partial charge in [0.25, 0.3) is 0 Å². The lowest BCUT2D eigenvalue weighted by molar-refractivity contribution is -0.221. The summed E-state index contributed by atoms with van der Waals surface area (Å²) in [5.41, 5.74) is 0.597. The number of aliphatic hydroxyl groups is 1. The van der Waals surface area contributed by atoms with Crippen LogP contribution in [0, 0.1) is 5.92 Å². The van der Waals surface area contributed by atoms with Crippen molar-refractivity contribution in [3.63, 3.8) is 0 Å². The van der Waals surface area contributed by atoms with Crippen LogP contribution in [0.2, 0.25) is 0 Å². The number of rotatable bonds is 1. The Morgan fingerprint density at radius 3 is 2.72 bits per heavy atom. The zero-order valence-corrected chi connectivity index (χ0v) is 17.7. The molecule has 0 unspecified atom stereocenters. The van der Waals surface area contributed by atoms with Gasteiger partial charge in [0.15, 0.2) is 11.2 Å². The number of carbonyl (C=O) groups excluding carboxylic acids is 2. The Morgan fingerprint density at radius 1 is 0.969 bits per heavy atom. The van der Waals surface area contributed by atoms with Crippen molar-refractivity contribution >= 4 is 11.9 Å². The summed E-state index contributed by atoms with van der Waals surface area (Å²) < 4.78 is 12.0. The van der Waals surface area contributed by atoms with E-state index < -0.39 is 17.3 Å². The molecule has 0 aromatic rings. The molecule has 8 nitrogen and oxygen atoms in total. The van der Waals surface area contributed by atoms with Crippen molar-refractivity contribution in [3.8, 4) is 0 Å². The predicted molar refractivity (Wildman–Crippen MR) is 109 cm³/mol. The number of aliphatic hydroxyl groups excluding tert-OH is 1. The average Bonchev–Trinajstić information content (AvgIpc) is 3.53. The zero-order chi connectivity index (χ0) is 21.4. The van der Waals surface area contributed by atoms with Crippen LogP contribution in [0.4, 0.5) is 0 Å². The molecule has 7 heterocycles. The van der Waals surface area contributed by atoms with Gasteiger partial charge in [0.2, 0.25) is 0 Å². The molecule has 0 saturated carbocycles. The van der Waals surface area contributed by atoms with E-state index in [2.05, 4.69) is 9.96 Å². The summed E-state index contributed by atoms with van der Waals surface area (Å²) in [4.78, 5) is 34.1. The van der Waals surface area contributed by atoms with Crippen LogP contribution in [-0.4, -0.2) is 81.1 Å². The normalized spacial score (nSPS) is 52.7. The predicted octanol–water partition coefficient (Wildman–Crippen LogP) is 0.764. The van der Waals surface area contributed by atoms with Crippen molar-refractivity contribution in [2.75, 3.05) is 6.54 Å². The quantitative estimate of drug-likeness (QED) is 0.601. The molecule has 1 aliphatic carbocycles. The van der Waals surface area contributed by atoms with E-state index in [4.69, 9.17) is 14.3 Å². The maximum Gasteiger partial charge on any atom is 0.332 e. The average molecular weight is 438 g/mol. The minimum Gasteiger partial charge on any atom is -0.450 e. The summed E-state index contributed by atoms with van der Waals surface area (Å²) in [6, 6.07) is 0.466. The molecule has 9 atom stereocenters. The van der Waals surface area contributed by atoms with Crippen LogP contribution in [0.3, 0.4) is 0 Å². The van der Waals surface area contributed by atoms with Gasteiger partial charge in [-0.15, -0.1) is 0 Å². The van der Waals surface area contributed by atoms with Gasteiger partial charge in [0.05, 0.1) is 18.2 Å². The molecule has 32 heavy (non-hydrogen) atoms. The van der Waals surface area contributed by atoms with Crippen molar-refractivity contribution in [1.29, 1.82) is 0 Å². The minimum atomic E-state index is -0.878. The van der Waals surface area contributed by atoms with Crippen molar-refractivity contribution in [2.45, 2.75) is 86.1 Å². The molecular weight excluding hydrogens is 412 g/mol. The molecule has 5 saturated heterocycles. The van der Waals surface area contributed by atoms with Crippen molar-refractivity contribution in [2.24, 2.45) is 5.92 Å². The van der Waals surface area contributed by atoms with Crippen molar-refractivity contribution in [3.05, 3.63) is 35.5 Å². The van der Waals surface area contributed by atoms with Crippen LogP contribution < -0.4 is 0 Å². The highest BCUT2D eigenvalue weighted by atomic mass is 16.7. The van der Waals surface area contributed by atoms with Crippen LogP contribution in [-0.2, 0) is 23.9 Å². The van der Waals surface area contributed by atoms with E-state index in [1.165, 1.54) is 0 Å². The van der Waals surface area contributed by atoms with Crippen LogP contribution >= 0.6 is 0 Å². The van der Waals surface area contributed by atoms with E-state index >= 15 is 0 Å². The van der Waals surface area contributed by atoms with E-state index in [9.17, 15) is 14.7 Å². The third-order valence-electron chi connectivity index (χ3n) is 9.53. The summed E-state index contributed by atoms with van der Waals surface area (Å²) in [5.74, 6) is -0.453. The number of hydrogen-bond acceptors (Lipinski definition) is 8. The van der Waals surface area contributed by atoms with Gasteiger partial charge in [0, 0.05) is 48.6 Å². The van der Waals surface area contributed by atoms with Crippen molar-refractivity contribution in [1.82, 2.24) is 9.96 Å². The van der Waals surface area contributed by atoms with Crippen LogP contribution in [0.5, 0.6) is 0 Å². The molecular formula is C24H26N2O6. The lowest BCUT2D eigenvalue weighted by Gasteiger charge is -2.42. The molecule has 5 fully saturated rings. The fourth-order valence-corrected chi connectivity index (χ4v) is 8.59. The zero-order valence-electron chi connectivity index (χ0n) is 17.7. The third kappa shape index (κ3) is 1.96. The van der Waals surface area contributed by atoms with Gasteiger partial charge in [-0.25, -0.2) is 9.59 Å². The third-order valence-corrected chi connectivity index (χ3v) is 9.53. The smallest absolute Gasteiger partial charge is 0.332 e. The summed E-state index contributed by atoms with van der Waals surface area (Å²) in [7, 11) is 0. The topological polar surface area (TPSA) is 88.5 Å². The first-order chi connectivity index (χ1) is 15.5. The lowest BCUT2D eigenvalue weighted by atomic mass is 9.68. The van der Waals surface area contributed by atoms with Crippen molar-refractivity contribution < 1.29 is 29.0 Å². The number of fused-ring (bicyclic) bond motifs is 6. The van der Waals surface area contributed by atoms with Crippen LogP contribution in [0.15, 0.2) is 35.5 Å². The Labute approximate surface area is 185 Å². The largest absolute Gasteiger partial charge is 0.450 e. The Morgan fingerprint density at radius 2 is 1.81 bits per heavy atom. The fraction of sp³-hybridized carbons (Fsp3) is 0.667. The summed E-state index contributed by atoms with van der Waals surface area (Å²) in [5, 5.41) is 12.5. The molecule has 1 spiro atoms. The van der Waals surface area contributed by atoms with Gasteiger partial charge >= 0.3 is 11.9 Å². The Kier molecular flexibility index (Phi) is 3.30. The SMILES string of the molecule is O=C1C=C2[C@H]3[C@H](ON4[C@@H]3CC[C@@H]4[C@]34C[C@@H](O)C=CC3=CC(=O)O4)[C@@H]3C[C@@]2(O1)[C@H]1CCCN31. The first kappa shape index (κ1) is 18.4. The summed E-state index contributed by atoms with van der Waals surface area (Å²) in [6.45, 7) is 1.02. The standard InChI is InChI=1S/C24H26N2O6/c27-13-4-3-12-8-19(28)30-23(12,10-13)18-6-5-15-21-14-9-20(29)31-24(14)11-16(22(21)32-26(15)18)25-7-1-2-17(24)25/h3-4,8-9,13,15-18,21-22,27H,1-2,5-7,10-11H2/t13-,15+,16-,17+,18+,21+,22+,23-,24-/m0/s1.